The molecule has 0 aromatic carbocycles. The van der Waals surface area contributed by atoms with E-state index in [0.717, 1.165) is 4.31 Å². The normalized spacial score (nSPS) is 20.7. The van der Waals surface area contributed by atoms with E-state index in [2.05, 4.69) is 0 Å². The van der Waals surface area contributed by atoms with Gasteiger partial charge in [-0.25, -0.2) is 12.7 Å². The smallest absolute Gasteiger partial charge is 0.240 e. The molecule has 0 aliphatic carbocycles. The molecule has 0 saturated carbocycles. The Morgan fingerprint density at radius 3 is 2.57 bits per heavy atom. The Bertz CT molecular complexity index is 381. The van der Waals surface area contributed by atoms with Crippen molar-refractivity contribution < 1.29 is 13.2 Å². The molecule has 0 spiro atoms. The van der Waals surface area contributed by atoms with E-state index in [9.17, 15) is 13.2 Å². The number of amides is 1. The molecule has 1 amide bonds. The van der Waals surface area contributed by atoms with E-state index in [1.54, 1.807) is 0 Å². The molecule has 0 N–H and O–H groups in total. The van der Waals surface area contributed by atoms with Crippen LogP contribution in [0.3, 0.4) is 0 Å². The molecule has 0 radical (unpaired) electrons. The molecular weight excluding hydrogens is 206 g/mol. The van der Waals surface area contributed by atoms with Crippen molar-refractivity contribution in [1.82, 2.24) is 9.21 Å². The maximum atomic E-state index is 11.3. The fourth-order valence-corrected chi connectivity index (χ4v) is 1.63. The van der Waals surface area contributed by atoms with Gasteiger partial charge in [0.2, 0.25) is 15.9 Å². The van der Waals surface area contributed by atoms with Crippen LogP contribution in [0, 0.1) is 11.3 Å². The van der Waals surface area contributed by atoms with Crippen LogP contribution >= 0.6 is 0 Å². The predicted molar refractivity (Wildman–Crippen MR) is 48.6 cm³/mol. The summed E-state index contributed by atoms with van der Waals surface area (Å²) < 4.78 is 23.5. The molecule has 0 aromatic rings. The first-order valence-electron chi connectivity index (χ1n) is 3.98. The highest BCUT2D eigenvalue weighted by atomic mass is 32.2. The standard InChI is InChI=1S/C7H11N3O3S/c1-9(2)14(12,13)5-7(11)10-4-6(10)3-8/h6H,4-5H2,1-2H3. The predicted octanol–water partition coefficient (Wildman–Crippen LogP) is -1.39. The monoisotopic (exact) mass is 217 g/mol. The van der Waals surface area contributed by atoms with Crippen LogP contribution in [-0.4, -0.2) is 56.0 Å². The first-order valence-corrected chi connectivity index (χ1v) is 5.58. The lowest BCUT2D eigenvalue weighted by molar-refractivity contribution is -0.123. The van der Waals surface area contributed by atoms with Gasteiger partial charge in [-0.2, -0.15) is 5.26 Å². The quantitative estimate of drug-likeness (QED) is 0.545. The Kier molecular flexibility index (Phi) is 2.78. The van der Waals surface area contributed by atoms with Gasteiger partial charge in [0.1, 0.15) is 11.8 Å². The van der Waals surface area contributed by atoms with Gasteiger partial charge in [-0.1, -0.05) is 0 Å². The molecule has 1 rings (SSSR count). The molecule has 1 unspecified atom stereocenters. The van der Waals surface area contributed by atoms with Crippen molar-refractivity contribution in [2.75, 3.05) is 26.4 Å². The largest absolute Gasteiger partial charge is 0.321 e. The first-order chi connectivity index (χ1) is 6.38. The molecule has 1 fully saturated rings. The minimum atomic E-state index is -3.50. The second kappa shape index (κ2) is 3.55. The van der Waals surface area contributed by atoms with Crippen LogP contribution in [-0.2, 0) is 14.8 Å². The Balaban J connectivity index is 2.56. The fraction of sp³-hybridized carbons (Fsp3) is 0.714. The summed E-state index contributed by atoms with van der Waals surface area (Å²) in [4.78, 5) is 12.5. The lowest BCUT2D eigenvalue weighted by Crippen LogP contribution is -2.32. The third-order valence-corrected chi connectivity index (χ3v) is 3.67. The summed E-state index contributed by atoms with van der Waals surface area (Å²) in [7, 11) is -0.766. The zero-order valence-electron chi connectivity index (χ0n) is 7.97. The average Bonchev–Trinajstić information content (AvgIpc) is 2.81. The number of carbonyl (C=O) groups excluding carboxylic acids is 1. The van der Waals surface area contributed by atoms with Crippen LogP contribution in [0.15, 0.2) is 0 Å². The van der Waals surface area contributed by atoms with Gasteiger partial charge in [0.05, 0.1) is 12.6 Å². The molecule has 1 heterocycles. The molecule has 1 atom stereocenters. The highest BCUT2D eigenvalue weighted by molar-refractivity contribution is 7.89. The van der Waals surface area contributed by atoms with Crippen LogP contribution in [0.1, 0.15) is 0 Å². The van der Waals surface area contributed by atoms with Gasteiger partial charge in [0.15, 0.2) is 0 Å². The van der Waals surface area contributed by atoms with Gasteiger partial charge < -0.3 is 4.90 Å². The molecule has 1 aliphatic rings. The van der Waals surface area contributed by atoms with Crippen LogP contribution < -0.4 is 0 Å². The molecule has 1 saturated heterocycles. The number of nitrogens with zero attached hydrogens (tertiary/aromatic N) is 3. The third-order valence-electron chi connectivity index (χ3n) is 1.94. The van der Waals surface area contributed by atoms with Crippen molar-refractivity contribution in [2.24, 2.45) is 0 Å². The van der Waals surface area contributed by atoms with Gasteiger partial charge in [-0.15, -0.1) is 0 Å². The van der Waals surface area contributed by atoms with Gasteiger partial charge >= 0.3 is 0 Å². The summed E-state index contributed by atoms with van der Waals surface area (Å²) in [6, 6.07) is 1.45. The average molecular weight is 217 g/mol. The summed E-state index contributed by atoms with van der Waals surface area (Å²) in [5, 5.41) is 8.43. The van der Waals surface area contributed by atoms with E-state index in [1.807, 2.05) is 6.07 Å². The van der Waals surface area contributed by atoms with Crippen molar-refractivity contribution in [3.05, 3.63) is 0 Å². The van der Waals surface area contributed by atoms with Crippen molar-refractivity contribution in [1.29, 1.82) is 5.26 Å². The van der Waals surface area contributed by atoms with Crippen molar-refractivity contribution in [2.45, 2.75) is 6.04 Å². The van der Waals surface area contributed by atoms with Crippen LogP contribution in [0.25, 0.3) is 0 Å². The molecular formula is C7H11N3O3S. The van der Waals surface area contributed by atoms with Gasteiger partial charge in [-0.3, -0.25) is 4.79 Å². The number of hydrogen-bond acceptors (Lipinski definition) is 4. The van der Waals surface area contributed by atoms with E-state index in [4.69, 9.17) is 5.26 Å². The second-order valence-electron chi connectivity index (χ2n) is 3.23. The highest BCUT2D eigenvalue weighted by Gasteiger charge is 2.40. The van der Waals surface area contributed by atoms with Gasteiger partial charge in [0.25, 0.3) is 0 Å². The molecule has 78 valence electrons. The maximum absolute atomic E-state index is 11.3. The van der Waals surface area contributed by atoms with Crippen LogP contribution in [0.5, 0.6) is 0 Å². The number of sulfonamides is 1. The summed E-state index contributed by atoms with van der Waals surface area (Å²) >= 11 is 0. The molecule has 0 bridgehead atoms. The maximum Gasteiger partial charge on any atom is 0.240 e. The first kappa shape index (κ1) is 10.9. The Hall–Kier alpha value is -1.13. The van der Waals surface area contributed by atoms with Crippen LogP contribution in [0.2, 0.25) is 0 Å². The van der Waals surface area contributed by atoms with Crippen molar-refractivity contribution in [3.63, 3.8) is 0 Å². The van der Waals surface area contributed by atoms with E-state index in [1.165, 1.54) is 19.0 Å². The molecule has 7 heteroatoms. The second-order valence-corrected chi connectivity index (χ2v) is 5.41. The van der Waals surface area contributed by atoms with E-state index >= 15 is 0 Å². The molecule has 0 aromatic heterocycles. The molecule has 6 nitrogen and oxygen atoms in total. The Labute approximate surface area is 82.8 Å². The number of hydrogen-bond donors (Lipinski definition) is 0. The van der Waals surface area contributed by atoms with E-state index in [0.29, 0.717) is 6.54 Å². The number of rotatable bonds is 3. The summed E-state index contributed by atoms with van der Waals surface area (Å²) in [5.74, 6) is -1.07. The lowest BCUT2D eigenvalue weighted by atomic mass is 10.5. The molecule has 14 heavy (non-hydrogen) atoms. The summed E-state index contributed by atoms with van der Waals surface area (Å²) in [6.45, 7) is 0.346. The minimum absolute atomic E-state index is 0.346. The third kappa shape index (κ3) is 2.21. The van der Waals surface area contributed by atoms with Crippen molar-refractivity contribution in [3.8, 4) is 6.07 Å². The Morgan fingerprint density at radius 2 is 2.21 bits per heavy atom. The topological polar surface area (TPSA) is 81.2 Å². The van der Waals surface area contributed by atoms with Crippen LogP contribution in [0.4, 0.5) is 0 Å². The Morgan fingerprint density at radius 1 is 1.64 bits per heavy atom. The van der Waals surface area contributed by atoms with E-state index in [-0.39, 0.29) is 0 Å². The molecule has 1 aliphatic heterocycles. The van der Waals surface area contributed by atoms with E-state index < -0.39 is 27.7 Å². The SMILES string of the molecule is CN(C)S(=O)(=O)CC(=O)N1CC1C#N. The van der Waals surface area contributed by atoms with Crippen molar-refractivity contribution >= 4 is 15.9 Å². The minimum Gasteiger partial charge on any atom is -0.321 e. The summed E-state index contributed by atoms with van der Waals surface area (Å²) in [5.41, 5.74) is 0. The highest BCUT2D eigenvalue weighted by Crippen LogP contribution is 2.16. The zero-order valence-corrected chi connectivity index (χ0v) is 8.78. The lowest BCUT2D eigenvalue weighted by Gasteiger charge is -2.10. The number of carbonyl (C=O) groups is 1. The number of nitriles is 1. The van der Waals surface area contributed by atoms with Gasteiger partial charge in [0, 0.05) is 14.1 Å². The zero-order chi connectivity index (χ0) is 10.9. The fourth-order valence-electron chi connectivity index (χ4n) is 0.893. The van der Waals surface area contributed by atoms with Gasteiger partial charge in [-0.05, 0) is 0 Å². The summed E-state index contributed by atoms with van der Waals surface area (Å²) in [6.07, 6.45) is 0.